The maximum atomic E-state index is 15.1. The van der Waals surface area contributed by atoms with Gasteiger partial charge in [-0.25, -0.2) is 9.37 Å². The first-order valence-corrected chi connectivity index (χ1v) is 15.2. The second-order valence-electron chi connectivity index (χ2n) is 11.1. The van der Waals surface area contributed by atoms with E-state index in [1.807, 2.05) is 19.9 Å². The number of benzene rings is 4. The number of amides is 2. The minimum atomic E-state index is -1.89. The molecule has 2 aliphatic rings. The van der Waals surface area contributed by atoms with Crippen molar-refractivity contribution in [2.24, 2.45) is 0 Å². The summed E-state index contributed by atoms with van der Waals surface area (Å²) in [5, 5.41) is 0.511. The number of aromatic nitrogens is 1. The number of fused-ring (bicyclic) bond motifs is 6. The summed E-state index contributed by atoms with van der Waals surface area (Å²) in [6.07, 6.45) is 0. The largest absolute Gasteiger partial charge is 0.494 e. The number of nitrogens with zero attached hydrogens (tertiary/aromatic N) is 3. The monoisotopic (exact) mass is 617 g/mol. The highest BCUT2D eigenvalue weighted by Gasteiger charge is 2.66. The Balaban J connectivity index is 1.42. The Morgan fingerprint density at radius 3 is 2.58 bits per heavy atom. The lowest BCUT2D eigenvalue weighted by Gasteiger charge is -2.32. The van der Waals surface area contributed by atoms with Crippen LogP contribution < -0.4 is 20.0 Å². The SMILES string of the molecule is CCOc1ccc2nc(N3C(=O)c4oc5ccc(C)cc5c(=O)c4C34C(=O)N(Cc3ccc(F)cc3)c3ccccc34)sc2c1. The van der Waals surface area contributed by atoms with E-state index in [4.69, 9.17) is 14.1 Å². The predicted octanol–water partition coefficient (Wildman–Crippen LogP) is 6.70. The van der Waals surface area contributed by atoms with Crippen LogP contribution in [0.25, 0.3) is 21.2 Å². The summed E-state index contributed by atoms with van der Waals surface area (Å²) < 4.78 is 26.4. The standard InChI is InChI=1S/C35H24FN3O5S/c1-3-43-22-13-14-25-28(17-22)45-34(37-25)39-32(41)31-29(30(40)23-16-19(2)8-15-27(23)44-31)35(39)24-6-4-5-7-26(24)38(33(35)42)18-20-9-11-21(36)12-10-20/h4-17H,3,18H2,1-2H3. The Morgan fingerprint density at radius 1 is 0.978 bits per heavy atom. The van der Waals surface area contributed by atoms with Crippen LogP contribution in [0.15, 0.2) is 94.1 Å². The van der Waals surface area contributed by atoms with E-state index >= 15 is 4.79 Å². The third-order valence-corrected chi connectivity index (χ3v) is 9.39. The summed E-state index contributed by atoms with van der Waals surface area (Å²) in [6.45, 7) is 4.32. The molecule has 2 amide bonds. The number of aryl methyl sites for hydroxylation is 1. The topological polar surface area (TPSA) is 93.0 Å². The Bertz CT molecular complexity index is 2280. The number of hydrogen-bond acceptors (Lipinski definition) is 7. The molecule has 0 radical (unpaired) electrons. The zero-order valence-electron chi connectivity index (χ0n) is 24.2. The molecule has 222 valence electrons. The zero-order chi connectivity index (χ0) is 31.0. The van der Waals surface area contributed by atoms with Gasteiger partial charge in [0.15, 0.2) is 16.1 Å². The number of hydrogen-bond donors (Lipinski definition) is 0. The lowest BCUT2D eigenvalue weighted by molar-refractivity contribution is -0.121. The highest BCUT2D eigenvalue weighted by Crippen LogP contribution is 2.55. The van der Waals surface area contributed by atoms with Crippen molar-refractivity contribution < 1.29 is 23.1 Å². The van der Waals surface area contributed by atoms with E-state index in [-0.39, 0.29) is 34.0 Å². The first-order chi connectivity index (χ1) is 21.8. The van der Waals surface area contributed by atoms with E-state index in [0.717, 1.165) is 10.3 Å². The van der Waals surface area contributed by atoms with Crippen LogP contribution in [0.1, 0.15) is 39.7 Å². The smallest absolute Gasteiger partial charge is 0.297 e. The van der Waals surface area contributed by atoms with Crippen molar-refractivity contribution in [2.75, 3.05) is 16.4 Å². The molecule has 0 saturated carbocycles. The van der Waals surface area contributed by atoms with Gasteiger partial charge in [-0.15, -0.1) is 0 Å². The number of rotatable bonds is 5. The molecule has 0 fully saturated rings. The number of para-hydroxylation sites is 1. The van der Waals surface area contributed by atoms with Gasteiger partial charge in [0.05, 0.1) is 40.0 Å². The molecule has 6 aromatic rings. The zero-order valence-corrected chi connectivity index (χ0v) is 25.0. The van der Waals surface area contributed by atoms with Crippen LogP contribution >= 0.6 is 11.3 Å². The molecule has 1 spiro atoms. The average molecular weight is 618 g/mol. The van der Waals surface area contributed by atoms with Gasteiger partial charge >= 0.3 is 0 Å². The van der Waals surface area contributed by atoms with Crippen molar-refractivity contribution in [2.45, 2.75) is 25.9 Å². The van der Waals surface area contributed by atoms with Gasteiger partial charge in [0.25, 0.3) is 11.8 Å². The third-order valence-electron chi connectivity index (χ3n) is 8.38. The molecule has 1 unspecified atom stereocenters. The van der Waals surface area contributed by atoms with E-state index in [2.05, 4.69) is 0 Å². The molecule has 0 saturated heterocycles. The number of thiazole rings is 1. The predicted molar refractivity (Wildman–Crippen MR) is 170 cm³/mol. The minimum absolute atomic E-state index is 0.0427. The van der Waals surface area contributed by atoms with E-state index in [1.165, 1.54) is 28.4 Å². The second-order valence-corrected chi connectivity index (χ2v) is 12.1. The summed E-state index contributed by atoms with van der Waals surface area (Å²) in [7, 11) is 0. The maximum absolute atomic E-state index is 15.1. The van der Waals surface area contributed by atoms with Crippen LogP contribution in [0.5, 0.6) is 5.75 Å². The number of ether oxygens (including phenoxy) is 1. The van der Waals surface area contributed by atoms with E-state index in [0.29, 0.717) is 34.7 Å². The summed E-state index contributed by atoms with van der Waals surface area (Å²) in [4.78, 5) is 51.8. The molecule has 10 heteroatoms. The first-order valence-electron chi connectivity index (χ1n) is 14.4. The fraction of sp³-hybridized carbons (Fsp3) is 0.143. The normalized spacial score (nSPS) is 17.1. The minimum Gasteiger partial charge on any atom is -0.494 e. The van der Waals surface area contributed by atoms with Crippen LogP contribution in [0.3, 0.4) is 0 Å². The van der Waals surface area contributed by atoms with Crippen molar-refractivity contribution in [1.29, 1.82) is 0 Å². The molecule has 0 N–H and O–H groups in total. The summed E-state index contributed by atoms with van der Waals surface area (Å²) >= 11 is 1.22. The molecule has 1 atom stereocenters. The lowest BCUT2D eigenvalue weighted by atomic mass is 9.84. The molecule has 4 aromatic carbocycles. The maximum Gasteiger partial charge on any atom is 0.297 e. The van der Waals surface area contributed by atoms with E-state index < -0.39 is 28.6 Å². The molecule has 45 heavy (non-hydrogen) atoms. The van der Waals surface area contributed by atoms with Crippen LogP contribution in [-0.4, -0.2) is 23.4 Å². The molecular formula is C35H24FN3O5S. The quantitative estimate of drug-likeness (QED) is 0.214. The van der Waals surface area contributed by atoms with E-state index in [9.17, 15) is 14.0 Å². The summed E-state index contributed by atoms with van der Waals surface area (Å²) in [5.41, 5.74) is 0.962. The van der Waals surface area contributed by atoms with Crippen LogP contribution in [0.4, 0.5) is 15.2 Å². The third kappa shape index (κ3) is 3.82. The number of halogens is 1. The molecule has 4 heterocycles. The lowest BCUT2D eigenvalue weighted by Crippen LogP contribution is -2.53. The Morgan fingerprint density at radius 2 is 1.78 bits per heavy atom. The fourth-order valence-corrected chi connectivity index (χ4v) is 7.50. The average Bonchev–Trinajstić information content (AvgIpc) is 3.64. The molecule has 2 aromatic heterocycles. The van der Waals surface area contributed by atoms with Crippen LogP contribution in [0.2, 0.25) is 0 Å². The summed E-state index contributed by atoms with van der Waals surface area (Å²) in [5.74, 6) is -1.09. The first kappa shape index (κ1) is 27.2. The second kappa shape index (κ2) is 9.83. The highest BCUT2D eigenvalue weighted by atomic mass is 32.1. The van der Waals surface area contributed by atoms with Gasteiger partial charge in [-0.3, -0.25) is 19.3 Å². The van der Waals surface area contributed by atoms with Gasteiger partial charge in [0, 0.05) is 5.56 Å². The molecule has 8 nitrogen and oxygen atoms in total. The van der Waals surface area contributed by atoms with Crippen molar-refractivity contribution >= 4 is 55.2 Å². The van der Waals surface area contributed by atoms with Gasteiger partial charge in [0.1, 0.15) is 17.1 Å². The van der Waals surface area contributed by atoms with Crippen molar-refractivity contribution in [1.82, 2.24) is 4.98 Å². The van der Waals surface area contributed by atoms with Crippen LogP contribution in [-0.2, 0) is 16.9 Å². The molecule has 0 bridgehead atoms. The number of carbonyl (C=O) groups excluding carboxylic acids is 2. The number of carbonyl (C=O) groups is 2. The fourth-order valence-electron chi connectivity index (χ4n) is 6.45. The Hall–Kier alpha value is -5.35. The van der Waals surface area contributed by atoms with Gasteiger partial charge in [-0.05, 0) is 67.9 Å². The van der Waals surface area contributed by atoms with Gasteiger partial charge in [-0.1, -0.05) is 53.3 Å². The molecule has 2 aliphatic heterocycles. The molecule has 0 aliphatic carbocycles. The molecular weight excluding hydrogens is 593 g/mol. The highest BCUT2D eigenvalue weighted by molar-refractivity contribution is 7.22. The van der Waals surface area contributed by atoms with Crippen molar-refractivity contribution in [3.8, 4) is 5.75 Å². The number of anilines is 2. The van der Waals surface area contributed by atoms with Crippen molar-refractivity contribution in [3.63, 3.8) is 0 Å². The van der Waals surface area contributed by atoms with Gasteiger partial charge < -0.3 is 14.1 Å². The van der Waals surface area contributed by atoms with Gasteiger partial charge in [-0.2, -0.15) is 0 Å². The van der Waals surface area contributed by atoms with Gasteiger partial charge in [0.2, 0.25) is 5.76 Å². The van der Waals surface area contributed by atoms with E-state index in [1.54, 1.807) is 71.6 Å². The Labute approximate surface area is 259 Å². The Kier molecular flexibility index (Phi) is 5.95. The van der Waals surface area contributed by atoms with Crippen molar-refractivity contribution in [3.05, 3.63) is 129 Å². The van der Waals surface area contributed by atoms with Crippen LogP contribution in [0, 0.1) is 12.7 Å². The molecule has 8 rings (SSSR count). The summed E-state index contributed by atoms with van der Waals surface area (Å²) in [6, 6.07) is 23.6.